The van der Waals surface area contributed by atoms with Crippen LogP contribution in [-0.2, 0) is 4.79 Å². The lowest BCUT2D eigenvalue weighted by Crippen LogP contribution is -2.55. The number of carbonyl (C=O) groups is 1. The maximum absolute atomic E-state index is 12.4. The quantitative estimate of drug-likeness (QED) is 0.793. The zero-order chi connectivity index (χ0) is 15.3. The Bertz CT molecular complexity index is 472. The van der Waals surface area contributed by atoms with Gasteiger partial charge in [0.15, 0.2) is 0 Å². The van der Waals surface area contributed by atoms with E-state index in [1.165, 1.54) is 11.3 Å². The molecule has 1 unspecified atom stereocenters. The van der Waals surface area contributed by atoms with Crippen LogP contribution >= 0.6 is 24.2 Å². The Morgan fingerprint density at radius 1 is 1.27 bits per heavy atom. The van der Waals surface area contributed by atoms with Crippen molar-refractivity contribution in [2.45, 2.75) is 62.4 Å². The van der Waals surface area contributed by atoms with Gasteiger partial charge in [-0.2, -0.15) is 0 Å². The summed E-state index contributed by atoms with van der Waals surface area (Å²) < 4.78 is 0. The van der Waals surface area contributed by atoms with Gasteiger partial charge in [0.2, 0.25) is 5.91 Å². The summed E-state index contributed by atoms with van der Waals surface area (Å²) >= 11 is 1.82. The molecule has 3 nitrogen and oxygen atoms in total. The maximum Gasteiger partial charge on any atom is 0.240 e. The predicted octanol–water partition coefficient (Wildman–Crippen LogP) is 4.06. The third kappa shape index (κ3) is 4.90. The standard InChI is InChI=1S/C17H26N2OS.ClH/c1-3-21-15-9-7-14(8-10-15)13(2)19-16(20)17(18)11-5-4-6-12-17;/h7-10,13H,3-6,11-12,18H2,1-2H3,(H,19,20);1H. The van der Waals surface area contributed by atoms with Crippen LogP contribution in [-0.4, -0.2) is 17.2 Å². The second-order valence-corrected chi connectivity index (χ2v) is 7.25. The molecule has 0 saturated heterocycles. The molecule has 1 fully saturated rings. The lowest BCUT2D eigenvalue weighted by Gasteiger charge is -2.33. The van der Waals surface area contributed by atoms with Gasteiger partial charge >= 0.3 is 0 Å². The number of rotatable bonds is 5. The van der Waals surface area contributed by atoms with Crippen LogP contribution in [0, 0.1) is 0 Å². The summed E-state index contributed by atoms with van der Waals surface area (Å²) in [7, 11) is 0. The van der Waals surface area contributed by atoms with Gasteiger partial charge in [-0.25, -0.2) is 0 Å². The highest BCUT2D eigenvalue weighted by Crippen LogP contribution is 2.27. The van der Waals surface area contributed by atoms with Gasteiger partial charge in [-0.1, -0.05) is 38.3 Å². The third-order valence-corrected chi connectivity index (χ3v) is 5.13. The van der Waals surface area contributed by atoms with Crippen LogP contribution in [0.25, 0.3) is 0 Å². The zero-order valence-corrected chi connectivity index (χ0v) is 15.1. The maximum atomic E-state index is 12.4. The molecule has 1 aliphatic rings. The van der Waals surface area contributed by atoms with Crippen molar-refractivity contribution in [1.82, 2.24) is 5.32 Å². The summed E-state index contributed by atoms with van der Waals surface area (Å²) in [6.07, 6.45) is 4.91. The summed E-state index contributed by atoms with van der Waals surface area (Å²) in [5.41, 5.74) is 6.74. The number of halogens is 1. The van der Waals surface area contributed by atoms with Crippen molar-refractivity contribution in [1.29, 1.82) is 0 Å². The van der Waals surface area contributed by atoms with E-state index in [4.69, 9.17) is 5.73 Å². The Kier molecular flexibility index (Phi) is 7.74. The Morgan fingerprint density at radius 2 is 1.86 bits per heavy atom. The highest BCUT2D eigenvalue weighted by molar-refractivity contribution is 7.99. The fourth-order valence-corrected chi connectivity index (χ4v) is 3.51. The lowest BCUT2D eigenvalue weighted by molar-refractivity contribution is -0.128. The van der Waals surface area contributed by atoms with E-state index in [-0.39, 0.29) is 24.4 Å². The normalized spacial score (nSPS) is 18.1. The molecule has 0 aliphatic heterocycles. The number of hydrogen-bond acceptors (Lipinski definition) is 3. The van der Waals surface area contributed by atoms with Crippen LogP contribution in [0.4, 0.5) is 0 Å². The lowest BCUT2D eigenvalue weighted by atomic mass is 9.81. The highest BCUT2D eigenvalue weighted by Gasteiger charge is 2.35. The second-order valence-electron chi connectivity index (χ2n) is 5.91. The van der Waals surface area contributed by atoms with Crippen LogP contribution < -0.4 is 11.1 Å². The number of nitrogens with two attached hydrogens (primary N) is 1. The molecule has 1 amide bonds. The molecule has 124 valence electrons. The number of nitrogens with one attached hydrogen (secondary N) is 1. The van der Waals surface area contributed by atoms with E-state index < -0.39 is 5.54 Å². The summed E-state index contributed by atoms with van der Waals surface area (Å²) in [5, 5.41) is 3.09. The molecule has 2 rings (SSSR count). The third-order valence-electron chi connectivity index (χ3n) is 4.24. The molecule has 3 N–H and O–H groups in total. The van der Waals surface area contributed by atoms with Crippen LogP contribution in [0.2, 0.25) is 0 Å². The van der Waals surface area contributed by atoms with Gasteiger partial charge in [0.25, 0.3) is 0 Å². The monoisotopic (exact) mass is 342 g/mol. The Hall–Kier alpha value is -0.710. The molecule has 5 heteroatoms. The molecule has 0 heterocycles. The van der Waals surface area contributed by atoms with E-state index in [2.05, 4.69) is 36.5 Å². The first-order valence-corrected chi connectivity index (χ1v) is 8.86. The molecule has 22 heavy (non-hydrogen) atoms. The fraction of sp³-hybridized carbons (Fsp3) is 0.588. The van der Waals surface area contributed by atoms with E-state index in [0.29, 0.717) is 0 Å². The summed E-state index contributed by atoms with van der Waals surface area (Å²) in [6.45, 7) is 4.17. The predicted molar refractivity (Wildman–Crippen MR) is 96.6 cm³/mol. The number of amides is 1. The van der Waals surface area contributed by atoms with Crippen LogP contribution in [0.1, 0.15) is 57.6 Å². The largest absolute Gasteiger partial charge is 0.348 e. The van der Waals surface area contributed by atoms with E-state index in [1.54, 1.807) is 0 Å². The Morgan fingerprint density at radius 3 is 2.41 bits per heavy atom. The summed E-state index contributed by atoms with van der Waals surface area (Å²) in [6, 6.07) is 8.41. The van der Waals surface area contributed by atoms with Gasteiger partial charge in [0, 0.05) is 4.90 Å². The van der Waals surface area contributed by atoms with Crippen molar-refractivity contribution >= 4 is 30.1 Å². The first-order valence-electron chi connectivity index (χ1n) is 7.88. The van der Waals surface area contributed by atoms with E-state index in [0.717, 1.165) is 37.0 Å². The van der Waals surface area contributed by atoms with Gasteiger partial charge in [0.1, 0.15) is 0 Å². The highest BCUT2D eigenvalue weighted by atomic mass is 35.5. The molecule has 0 radical (unpaired) electrons. The number of carbonyl (C=O) groups excluding carboxylic acids is 1. The van der Waals surface area contributed by atoms with Crippen molar-refractivity contribution in [2.75, 3.05) is 5.75 Å². The second kappa shape index (κ2) is 8.80. The molecule has 1 atom stereocenters. The Balaban J connectivity index is 0.00000242. The van der Waals surface area contributed by atoms with Gasteiger partial charge in [-0.3, -0.25) is 4.79 Å². The van der Waals surface area contributed by atoms with Crippen molar-refractivity contribution in [3.05, 3.63) is 29.8 Å². The minimum Gasteiger partial charge on any atom is -0.348 e. The van der Waals surface area contributed by atoms with Gasteiger partial charge in [-0.05, 0) is 43.2 Å². The van der Waals surface area contributed by atoms with E-state index >= 15 is 0 Å². The number of benzene rings is 1. The van der Waals surface area contributed by atoms with E-state index in [9.17, 15) is 4.79 Å². The van der Waals surface area contributed by atoms with Crippen molar-refractivity contribution in [2.24, 2.45) is 5.73 Å². The van der Waals surface area contributed by atoms with Gasteiger partial charge in [0.05, 0.1) is 11.6 Å². The molecule has 1 aliphatic carbocycles. The van der Waals surface area contributed by atoms with Gasteiger partial charge < -0.3 is 11.1 Å². The van der Waals surface area contributed by atoms with Crippen LogP contribution in [0.15, 0.2) is 29.2 Å². The number of thioether (sulfide) groups is 1. The molecule has 1 saturated carbocycles. The minimum absolute atomic E-state index is 0. The molecule has 1 aromatic rings. The average molecular weight is 343 g/mol. The molecular weight excluding hydrogens is 316 g/mol. The van der Waals surface area contributed by atoms with Crippen molar-refractivity contribution in [3.8, 4) is 0 Å². The fourth-order valence-electron chi connectivity index (χ4n) is 2.85. The smallest absolute Gasteiger partial charge is 0.240 e. The average Bonchev–Trinajstić information content (AvgIpc) is 2.49. The molecule has 1 aromatic carbocycles. The Labute approximate surface area is 144 Å². The van der Waals surface area contributed by atoms with Crippen molar-refractivity contribution < 1.29 is 4.79 Å². The van der Waals surface area contributed by atoms with Crippen molar-refractivity contribution in [3.63, 3.8) is 0 Å². The molecule has 0 bridgehead atoms. The summed E-state index contributed by atoms with van der Waals surface area (Å²) in [5.74, 6) is 1.07. The number of hydrogen-bond donors (Lipinski definition) is 2. The first kappa shape index (κ1) is 19.3. The van der Waals surface area contributed by atoms with Crippen LogP contribution in [0.5, 0.6) is 0 Å². The first-order chi connectivity index (χ1) is 10.0. The SMILES string of the molecule is CCSc1ccc(C(C)NC(=O)C2(N)CCCCC2)cc1.Cl. The molecular formula is C17H27ClN2OS. The molecule has 0 aromatic heterocycles. The van der Waals surface area contributed by atoms with Gasteiger partial charge in [-0.15, -0.1) is 24.2 Å². The topological polar surface area (TPSA) is 55.1 Å². The van der Waals surface area contributed by atoms with E-state index in [1.807, 2.05) is 18.7 Å². The zero-order valence-electron chi connectivity index (χ0n) is 13.4. The summed E-state index contributed by atoms with van der Waals surface area (Å²) in [4.78, 5) is 13.7. The minimum atomic E-state index is -0.662. The molecule has 0 spiro atoms. The van der Waals surface area contributed by atoms with Crippen LogP contribution in [0.3, 0.4) is 0 Å².